The fourth-order valence-corrected chi connectivity index (χ4v) is 4.19. The van der Waals surface area contributed by atoms with Crippen molar-refractivity contribution in [3.63, 3.8) is 0 Å². The van der Waals surface area contributed by atoms with Crippen LogP contribution >= 0.6 is 7.37 Å². The first-order valence-corrected chi connectivity index (χ1v) is 7.48. The van der Waals surface area contributed by atoms with Gasteiger partial charge in [-0.1, -0.05) is 32.6 Å². The van der Waals surface area contributed by atoms with Crippen molar-refractivity contribution in [1.29, 1.82) is 0 Å². The van der Waals surface area contributed by atoms with Crippen LogP contribution < -0.4 is 0 Å². The van der Waals surface area contributed by atoms with Gasteiger partial charge in [-0.15, -0.1) is 0 Å². The maximum absolute atomic E-state index is 11.3. The molecule has 78 valence electrons. The van der Waals surface area contributed by atoms with Gasteiger partial charge in [-0.25, -0.2) is 0 Å². The van der Waals surface area contributed by atoms with Gasteiger partial charge in [-0.2, -0.15) is 0 Å². The monoisotopic (exact) mass is 204 g/mol. The second-order valence-corrected chi connectivity index (χ2v) is 6.76. The summed E-state index contributed by atoms with van der Waals surface area (Å²) < 4.78 is 11.3. The molecular weight excluding hydrogens is 183 g/mol. The first-order valence-electron chi connectivity index (χ1n) is 5.45. The van der Waals surface area contributed by atoms with Gasteiger partial charge in [0.2, 0.25) is 7.37 Å². The van der Waals surface area contributed by atoms with Crippen molar-refractivity contribution >= 4 is 7.37 Å². The average Bonchev–Trinajstić information content (AvgIpc) is 2.40. The van der Waals surface area contributed by atoms with Gasteiger partial charge in [-0.3, -0.25) is 4.57 Å². The van der Waals surface area contributed by atoms with E-state index in [2.05, 4.69) is 6.92 Å². The molecule has 0 aromatic rings. The highest BCUT2D eigenvalue weighted by Gasteiger charge is 2.31. The summed E-state index contributed by atoms with van der Waals surface area (Å²) in [5, 5.41) is 0. The van der Waals surface area contributed by atoms with E-state index in [1.165, 1.54) is 32.1 Å². The first-order chi connectivity index (χ1) is 6.14. The largest absolute Gasteiger partial charge is 0.344 e. The van der Waals surface area contributed by atoms with Gasteiger partial charge >= 0.3 is 0 Å². The topological polar surface area (TPSA) is 37.3 Å². The Labute approximate surface area is 81.2 Å². The summed E-state index contributed by atoms with van der Waals surface area (Å²) in [6.45, 7) is 2.21. The standard InChI is InChI=1S/C10H21O2P/c1-2-3-4-5-6-10-7-8-13(11,12)9-10/h10H,2-9H2,1H3,(H,11,12). The number of unbranched alkanes of at least 4 members (excludes halogenated alkanes) is 3. The third-order valence-corrected chi connectivity index (χ3v) is 4.94. The molecule has 1 rings (SSSR count). The molecule has 0 bridgehead atoms. The molecule has 1 fully saturated rings. The van der Waals surface area contributed by atoms with Crippen LogP contribution in [0.5, 0.6) is 0 Å². The van der Waals surface area contributed by atoms with Gasteiger partial charge in [-0.05, 0) is 18.8 Å². The van der Waals surface area contributed by atoms with E-state index in [4.69, 9.17) is 0 Å². The van der Waals surface area contributed by atoms with E-state index in [0.29, 0.717) is 18.2 Å². The van der Waals surface area contributed by atoms with Crippen LogP contribution in [0.1, 0.15) is 45.4 Å². The number of rotatable bonds is 5. The lowest BCUT2D eigenvalue weighted by Gasteiger charge is -2.07. The van der Waals surface area contributed by atoms with Gasteiger partial charge in [0.1, 0.15) is 0 Å². The van der Waals surface area contributed by atoms with Crippen LogP contribution in [-0.2, 0) is 4.57 Å². The normalized spacial score (nSPS) is 33.8. The second kappa shape index (κ2) is 5.17. The lowest BCUT2D eigenvalue weighted by molar-refractivity contribution is 0.473. The molecule has 0 aromatic carbocycles. The molecule has 0 saturated carbocycles. The van der Waals surface area contributed by atoms with Crippen LogP contribution in [0.15, 0.2) is 0 Å². The van der Waals surface area contributed by atoms with Crippen molar-refractivity contribution < 1.29 is 9.46 Å². The van der Waals surface area contributed by atoms with Crippen LogP contribution in [0.4, 0.5) is 0 Å². The molecule has 1 aliphatic rings. The van der Waals surface area contributed by atoms with Gasteiger partial charge in [0.25, 0.3) is 0 Å². The minimum absolute atomic E-state index is 0.549. The molecular formula is C10H21O2P. The minimum Gasteiger partial charge on any atom is -0.344 e. The van der Waals surface area contributed by atoms with Crippen molar-refractivity contribution in [2.75, 3.05) is 12.3 Å². The highest BCUT2D eigenvalue weighted by Crippen LogP contribution is 2.51. The third kappa shape index (κ3) is 4.28. The average molecular weight is 204 g/mol. The van der Waals surface area contributed by atoms with Gasteiger partial charge < -0.3 is 4.89 Å². The first kappa shape index (κ1) is 11.3. The molecule has 2 atom stereocenters. The zero-order valence-electron chi connectivity index (χ0n) is 8.54. The SMILES string of the molecule is CCCCCCC1CCP(=O)(O)C1. The molecule has 0 amide bonds. The molecule has 1 aliphatic heterocycles. The van der Waals surface area contributed by atoms with E-state index < -0.39 is 7.37 Å². The van der Waals surface area contributed by atoms with Gasteiger partial charge in [0.05, 0.1) is 0 Å². The lowest BCUT2D eigenvalue weighted by atomic mass is 10.0. The Morgan fingerprint density at radius 3 is 2.69 bits per heavy atom. The maximum Gasteiger partial charge on any atom is 0.200 e. The molecule has 1 N–H and O–H groups in total. The molecule has 1 heterocycles. The summed E-state index contributed by atoms with van der Waals surface area (Å²) in [6.07, 6.45) is 8.45. The van der Waals surface area contributed by atoms with Crippen LogP contribution in [0.25, 0.3) is 0 Å². The third-order valence-electron chi connectivity index (χ3n) is 2.90. The summed E-state index contributed by atoms with van der Waals surface area (Å²) in [7, 11) is -2.65. The lowest BCUT2D eigenvalue weighted by Crippen LogP contribution is -1.97. The summed E-state index contributed by atoms with van der Waals surface area (Å²) in [5.41, 5.74) is 0. The smallest absolute Gasteiger partial charge is 0.200 e. The Kier molecular flexibility index (Phi) is 4.48. The van der Waals surface area contributed by atoms with Crippen LogP contribution in [-0.4, -0.2) is 17.2 Å². The molecule has 2 unspecified atom stereocenters. The fraction of sp³-hybridized carbons (Fsp3) is 1.00. The Morgan fingerprint density at radius 1 is 1.38 bits per heavy atom. The van der Waals surface area contributed by atoms with Crippen molar-refractivity contribution in [2.45, 2.75) is 45.4 Å². The zero-order chi connectivity index (χ0) is 9.73. The summed E-state index contributed by atoms with van der Waals surface area (Å²) >= 11 is 0. The van der Waals surface area contributed by atoms with E-state index in [9.17, 15) is 9.46 Å². The molecule has 2 nitrogen and oxygen atoms in total. The zero-order valence-corrected chi connectivity index (χ0v) is 9.43. The quantitative estimate of drug-likeness (QED) is 0.551. The molecule has 1 saturated heterocycles. The molecule has 13 heavy (non-hydrogen) atoms. The Hall–Kier alpha value is 0.190. The van der Waals surface area contributed by atoms with E-state index >= 15 is 0 Å². The van der Waals surface area contributed by atoms with Gasteiger partial charge in [0.15, 0.2) is 0 Å². The maximum atomic E-state index is 11.3. The Morgan fingerprint density at radius 2 is 2.15 bits per heavy atom. The van der Waals surface area contributed by atoms with Crippen molar-refractivity contribution in [3.8, 4) is 0 Å². The minimum atomic E-state index is -2.65. The van der Waals surface area contributed by atoms with E-state index in [1.54, 1.807) is 0 Å². The van der Waals surface area contributed by atoms with E-state index in [1.807, 2.05) is 0 Å². The van der Waals surface area contributed by atoms with E-state index in [0.717, 1.165) is 6.42 Å². The van der Waals surface area contributed by atoms with Crippen molar-refractivity contribution in [3.05, 3.63) is 0 Å². The van der Waals surface area contributed by atoms with Crippen LogP contribution in [0.2, 0.25) is 0 Å². The fourth-order valence-electron chi connectivity index (χ4n) is 2.07. The molecule has 3 heteroatoms. The molecule has 0 radical (unpaired) electrons. The highest BCUT2D eigenvalue weighted by atomic mass is 31.2. The second-order valence-electron chi connectivity index (χ2n) is 4.26. The Balaban J connectivity index is 2.07. The van der Waals surface area contributed by atoms with Crippen molar-refractivity contribution in [1.82, 2.24) is 0 Å². The van der Waals surface area contributed by atoms with Crippen LogP contribution in [0, 0.1) is 5.92 Å². The molecule has 0 aliphatic carbocycles. The molecule has 0 aromatic heterocycles. The van der Waals surface area contributed by atoms with Crippen molar-refractivity contribution in [2.24, 2.45) is 5.92 Å². The molecule has 0 spiro atoms. The summed E-state index contributed by atoms with van der Waals surface area (Å²) in [5.74, 6) is 0.549. The predicted octanol–water partition coefficient (Wildman–Crippen LogP) is 3.25. The van der Waals surface area contributed by atoms with Crippen LogP contribution in [0.3, 0.4) is 0 Å². The number of hydrogen-bond acceptors (Lipinski definition) is 1. The summed E-state index contributed by atoms with van der Waals surface area (Å²) in [4.78, 5) is 9.32. The summed E-state index contributed by atoms with van der Waals surface area (Å²) in [6, 6.07) is 0. The highest BCUT2D eigenvalue weighted by molar-refractivity contribution is 7.58. The number of hydrogen-bond donors (Lipinski definition) is 1. The van der Waals surface area contributed by atoms with Gasteiger partial charge in [0, 0.05) is 12.3 Å². The Bertz CT molecular complexity index is 191. The predicted molar refractivity (Wildman–Crippen MR) is 56.4 cm³/mol. The van der Waals surface area contributed by atoms with E-state index in [-0.39, 0.29) is 0 Å².